The van der Waals surface area contributed by atoms with Gasteiger partial charge in [0.05, 0.1) is 0 Å². The van der Waals surface area contributed by atoms with Crippen molar-refractivity contribution in [2.45, 2.75) is 31.5 Å². The topological polar surface area (TPSA) is 81.8 Å². The number of amides is 3. The van der Waals surface area contributed by atoms with Crippen molar-refractivity contribution in [3.8, 4) is 0 Å². The second-order valence-corrected chi connectivity index (χ2v) is 7.62. The van der Waals surface area contributed by atoms with E-state index in [0.717, 1.165) is 5.69 Å². The van der Waals surface area contributed by atoms with Crippen molar-refractivity contribution < 1.29 is 31.9 Å². The molecule has 3 rings (SSSR count). The molecule has 3 amide bonds. The number of halogens is 4. The van der Waals surface area contributed by atoms with E-state index in [2.05, 4.69) is 5.32 Å². The molecule has 0 aromatic heterocycles. The first-order chi connectivity index (χ1) is 14.6. The summed E-state index contributed by atoms with van der Waals surface area (Å²) < 4.78 is 51.0. The number of carbonyl (C=O) groups excluding carboxylic acids is 3. The quantitative estimate of drug-likeness (QED) is 0.532. The Kier molecular flexibility index (Phi) is 7.01. The number of piperidine rings is 1. The van der Waals surface area contributed by atoms with Crippen molar-refractivity contribution in [3.05, 3.63) is 30.1 Å². The van der Waals surface area contributed by atoms with Crippen molar-refractivity contribution in [2.24, 2.45) is 5.92 Å². The first-order valence-corrected chi connectivity index (χ1v) is 10.1. The van der Waals surface area contributed by atoms with Gasteiger partial charge in [-0.1, -0.05) is 0 Å². The summed E-state index contributed by atoms with van der Waals surface area (Å²) in [5.41, 5.74) is 0.874. The van der Waals surface area contributed by atoms with Crippen LogP contribution in [-0.4, -0.2) is 67.6 Å². The average molecular weight is 444 g/mol. The molecule has 170 valence electrons. The van der Waals surface area contributed by atoms with Crippen LogP contribution in [0.1, 0.15) is 19.3 Å². The Bertz CT molecular complexity index is 808. The van der Waals surface area contributed by atoms with E-state index in [0.29, 0.717) is 26.2 Å². The van der Waals surface area contributed by atoms with E-state index >= 15 is 0 Å². The van der Waals surface area contributed by atoms with Crippen LogP contribution in [0.4, 0.5) is 23.2 Å². The summed E-state index contributed by atoms with van der Waals surface area (Å²) in [5, 5.41) is 4.31. The lowest BCUT2D eigenvalue weighted by Crippen LogP contribution is -2.54. The van der Waals surface area contributed by atoms with E-state index in [1.165, 1.54) is 12.1 Å². The van der Waals surface area contributed by atoms with Gasteiger partial charge in [-0.05, 0) is 37.1 Å². The Hall–Kier alpha value is -2.85. The van der Waals surface area contributed by atoms with Crippen molar-refractivity contribution in [1.82, 2.24) is 15.5 Å². The van der Waals surface area contributed by atoms with Crippen molar-refractivity contribution in [3.63, 3.8) is 0 Å². The summed E-state index contributed by atoms with van der Waals surface area (Å²) in [5.74, 6) is -3.29. The number of benzene rings is 1. The minimum absolute atomic E-state index is 0.00230. The normalized spacial score (nSPS) is 22.1. The predicted molar refractivity (Wildman–Crippen MR) is 104 cm³/mol. The molecular weight excluding hydrogens is 420 g/mol. The fourth-order valence-corrected chi connectivity index (χ4v) is 3.74. The zero-order valence-corrected chi connectivity index (χ0v) is 16.8. The summed E-state index contributed by atoms with van der Waals surface area (Å²) in [6, 6.07) is 4.19. The van der Waals surface area contributed by atoms with Gasteiger partial charge in [-0.15, -0.1) is 0 Å². The number of piperazine rings is 1. The zero-order valence-electron chi connectivity index (χ0n) is 16.8. The maximum absolute atomic E-state index is 13.0. The number of hydrogen-bond donors (Lipinski definition) is 2. The summed E-state index contributed by atoms with van der Waals surface area (Å²) >= 11 is 0. The highest BCUT2D eigenvalue weighted by Gasteiger charge is 2.45. The van der Waals surface area contributed by atoms with Gasteiger partial charge >= 0.3 is 6.18 Å². The maximum atomic E-state index is 13.0. The van der Waals surface area contributed by atoms with Crippen LogP contribution in [0.25, 0.3) is 0 Å². The summed E-state index contributed by atoms with van der Waals surface area (Å²) in [4.78, 5) is 40.0. The molecule has 2 heterocycles. The smallest absolute Gasteiger partial charge is 0.368 e. The molecule has 0 radical (unpaired) electrons. The fraction of sp³-hybridized carbons (Fsp3) is 0.550. The number of alkyl halides is 3. The standard InChI is InChI=1S/C20H24F4N4O3/c21-13-1-3-14(4-2-13)27-9-11-28(12-10-27)17(29)7-8-25-18(30)15-5-6-16(20(22,23)24)26-19(15)31/h1-4,15-16H,5-12H2,(H,25,30)(H,26,31). The van der Waals surface area contributed by atoms with Gasteiger partial charge in [-0.25, -0.2) is 4.39 Å². The highest BCUT2D eigenvalue weighted by atomic mass is 19.4. The van der Waals surface area contributed by atoms with Crippen LogP contribution >= 0.6 is 0 Å². The van der Waals surface area contributed by atoms with Gasteiger partial charge in [0.25, 0.3) is 0 Å². The van der Waals surface area contributed by atoms with E-state index in [4.69, 9.17) is 0 Å². The monoisotopic (exact) mass is 444 g/mol. The summed E-state index contributed by atoms with van der Waals surface area (Å²) in [7, 11) is 0. The molecule has 7 nitrogen and oxygen atoms in total. The van der Waals surface area contributed by atoms with Gasteiger partial charge in [-0.2, -0.15) is 13.2 Å². The minimum Gasteiger partial charge on any atom is -0.368 e. The highest BCUT2D eigenvalue weighted by Crippen LogP contribution is 2.28. The molecule has 2 unspecified atom stereocenters. The third-order valence-electron chi connectivity index (χ3n) is 5.55. The molecular formula is C20H24F4N4O3. The summed E-state index contributed by atoms with van der Waals surface area (Å²) in [6.45, 7) is 2.14. The van der Waals surface area contributed by atoms with Crippen LogP contribution in [0.15, 0.2) is 24.3 Å². The molecule has 0 aliphatic carbocycles. The SMILES string of the molecule is O=C(NCCC(=O)N1CCN(c2ccc(F)cc2)CC1)C1CCC(C(F)(F)F)NC1=O. The van der Waals surface area contributed by atoms with Crippen molar-refractivity contribution >= 4 is 23.4 Å². The molecule has 2 atom stereocenters. The third-order valence-corrected chi connectivity index (χ3v) is 5.55. The molecule has 31 heavy (non-hydrogen) atoms. The highest BCUT2D eigenvalue weighted by molar-refractivity contribution is 6.01. The maximum Gasteiger partial charge on any atom is 0.408 e. The lowest BCUT2D eigenvalue weighted by Gasteiger charge is -2.36. The molecule has 0 bridgehead atoms. The first kappa shape index (κ1) is 22.8. The van der Waals surface area contributed by atoms with Gasteiger partial charge < -0.3 is 20.4 Å². The Morgan fingerprint density at radius 1 is 1.06 bits per heavy atom. The Balaban J connectivity index is 1.38. The van der Waals surface area contributed by atoms with Gasteiger partial charge in [0, 0.05) is 44.8 Å². The van der Waals surface area contributed by atoms with E-state index in [1.807, 2.05) is 10.2 Å². The molecule has 2 saturated heterocycles. The minimum atomic E-state index is -4.54. The molecule has 1 aromatic carbocycles. The molecule has 11 heteroatoms. The average Bonchev–Trinajstić information content (AvgIpc) is 2.73. The molecule has 1 aromatic rings. The molecule has 0 spiro atoms. The van der Waals surface area contributed by atoms with Crippen LogP contribution in [0.3, 0.4) is 0 Å². The summed E-state index contributed by atoms with van der Waals surface area (Å²) in [6.07, 6.45) is -5.06. The second-order valence-electron chi connectivity index (χ2n) is 7.62. The number of rotatable bonds is 5. The van der Waals surface area contributed by atoms with Gasteiger partial charge in [0.1, 0.15) is 17.8 Å². The number of nitrogens with one attached hydrogen (secondary N) is 2. The van der Waals surface area contributed by atoms with Gasteiger partial charge in [0.15, 0.2) is 0 Å². The fourth-order valence-electron chi connectivity index (χ4n) is 3.74. The molecule has 2 aliphatic heterocycles. The second kappa shape index (κ2) is 9.52. The van der Waals surface area contributed by atoms with E-state index in [1.54, 1.807) is 17.0 Å². The van der Waals surface area contributed by atoms with Crippen LogP contribution < -0.4 is 15.5 Å². The van der Waals surface area contributed by atoms with Crippen LogP contribution in [-0.2, 0) is 14.4 Å². The zero-order chi connectivity index (χ0) is 22.6. The third kappa shape index (κ3) is 5.86. The van der Waals surface area contributed by atoms with Crippen LogP contribution in [0.2, 0.25) is 0 Å². The first-order valence-electron chi connectivity index (χ1n) is 10.1. The number of nitrogens with zero attached hydrogens (tertiary/aromatic N) is 2. The Morgan fingerprint density at radius 3 is 2.29 bits per heavy atom. The van der Waals surface area contributed by atoms with E-state index < -0.39 is 30.0 Å². The van der Waals surface area contributed by atoms with Gasteiger partial charge in [-0.3, -0.25) is 14.4 Å². The van der Waals surface area contributed by atoms with E-state index in [-0.39, 0.29) is 37.5 Å². The molecule has 2 N–H and O–H groups in total. The molecule has 2 fully saturated rings. The Morgan fingerprint density at radius 2 is 1.71 bits per heavy atom. The lowest BCUT2D eigenvalue weighted by atomic mass is 9.93. The number of carbonyl (C=O) groups is 3. The van der Waals surface area contributed by atoms with Crippen molar-refractivity contribution in [1.29, 1.82) is 0 Å². The largest absolute Gasteiger partial charge is 0.408 e. The molecule has 0 saturated carbocycles. The lowest BCUT2D eigenvalue weighted by molar-refractivity contribution is -0.171. The van der Waals surface area contributed by atoms with Crippen LogP contribution in [0, 0.1) is 11.7 Å². The van der Waals surface area contributed by atoms with Crippen molar-refractivity contribution in [2.75, 3.05) is 37.6 Å². The number of hydrogen-bond acceptors (Lipinski definition) is 4. The van der Waals surface area contributed by atoms with E-state index in [9.17, 15) is 31.9 Å². The Labute approximate surface area is 176 Å². The van der Waals surface area contributed by atoms with Crippen LogP contribution in [0.5, 0.6) is 0 Å². The molecule has 2 aliphatic rings. The number of anilines is 1. The predicted octanol–water partition coefficient (Wildman–Crippen LogP) is 1.44. The van der Waals surface area contributed by atoms with Gasteiger partial charge in [0.2, 0.25) is 17.7 Å².